The first-order valence-electron chi connectivity index (χ1n) is 6.79. The molecule has 0 bridgehead atoms. The van der Waals surface area contributed by atoms with Crippen molar-refractivity contribution in [2.24, 2.45) is 0 Å². The van der Waals surface area contributed by atoms with Gasteiger partial charge in [-0.25, -0.2) is 9.37 Å². The number of hydrogen-bond acceptors (Lipinski definition) is 4. The van der Waals surface area contributed by atoms with Crippen molar-refractivity contribution in [2.75, 3.05) is 5.32 Å². The lowest BCUT2D eigenvalue weighted by atomic mass is 10.2. The Kier molecular flexibility index (Phi) is 4.56. The number of aromatic nitrogens is 1. The molecule has 0 fully saturated rings. The molecule has 0 saturated carbocycles. The molecule has 4 nitrogen and oxygen atoms in total. The Morgan fingerprint density at radius 3 is 2.67 bits per heavy atom. The van der Waals surface area contributed by atoms with E-state index in [9.17, 15) is 9.18 Å². The molecule has 0 aliphatic carbocycles. The van der Waals surface area contributed by atoms with Gasteiger partial charge in [-0.1, -0.05) is 11.6 Å². The highest BCUT2D eigenvalue weighted by atomic mass is 35.5. The van der Waals surface area contributed by atoms with Crippen LogP contribution in [0.2, 0.25) is 5.02 Å². The number of carbonyl (C=O) groups excluding carboxylic acids is 1. The molecule has 0 atom stereocenters. The summed E-state index contributed by atoms with van der Waals surface area (Å²) in [6.45, 7) is 0. The first kappa shape index (κ1) is 16.1. The van der Waals surface area contributed by atoms with E-state index in [1.165, 1.54) is 35.6 Å². The lowest BCUT2D eigenvalue weighted by Crippen LogP contribution is -2.12. The van der Waals surface area contributed by atoms with Crippen LogP contribution in [-0.2, 0) is 0 Å². The molecular weight excluding hydrogens is 349 g/mol. The number of carbonyl (C=O) groups is 1. The van der Waals surface area contributed by atoms with Gasteiger partial charge in [0.1, 0.15) is 22.6 Å². The van der Waals surface area contributed by atoms with E-state index in [-0.39, 0.29) is 22.4 Å². The fourth-order valence-corrected chi connectivity index (χ4v) is 3.01. The van der Waals surface area contributed by atoms with E-state index >= 15 is 0 Å². The van der Waals surface area contributed by atoms with E-state index in [1.807, 2.05) is 6.07 Å². The van der Waals surface area contributed by atoms with Crippen LogP contribution in [0.5, 0.6) is 0 Å². The van der Waals surface area contributed by atoms with Crippen molar-refractivity contribution in [2.45, 2.75) is 0 Å². The summed E-state index contributed by atoms with van der Waals surface area (Å²) in [6, 6.07) is 12.5. The third-order valence-corrected chi connectivity index (χ3v) is 4.38. The molecule has 118 valence electrons. The molecule has 0 aliphatic heterocycles. The van der Waals surface area contributed by atoms with Crippen LogP contribution in [0.1, 0.15) is 16.1 Å². The minimum atomic E-state index is -0.389. The van der Waals surface area contributed by atoms with Crippen LogP contribution >= 0.6 is 22.9 Å². The fourth-order valence-electron chi connectivity index (χ4n) is 1.98. The smallest absolute Gasteiger partial charge is 0.275 e. The molecule has 1 amide bonds. The Morgan fingerprint density at radius 2 is 2.00 bits per heavy atom. The number of nitrogens with one attached hydrogen (secondary N) is 1. The van der Waals surface area contributed by atoms with E-state index in [1.54, 1.807) is 23.6 Å². The number of amides is 1. The molecule has 3 rings (SSSR count). The van der Waals surface area contributed by atoms with Crippen molar-refractivity contribution in [1.82, 2.24) is 4.98 Å². The Morgan fingerprint density at radius 1 is 1.25 bits per heavy atom. The van der Waals surface area contributed by atoms with E-state index in [2.05, 4.69) is 10.3 Å². The quantitative estimate of drug-likeness (QED) is 0.737. The molecule has 1 heterocycles. The molecule has 2 aromatic carbocycles. The number of halogens is 2. The van der Waals surface area contributed by atoms with Gasteiger partial charge in [0.2, 0.25) is 0 Å². The zero-order chi connectivity index (χ0) is 17.1. The van der Waals surface area contributed by atoms with Crippen LogP contribution in [0, 0.1) is 17.1 Å². The predicted molar refractivity (Wildman–Crippen MR) is 91.6 cm³/mol. The summed E-state index contributed by atoms with van der Waals surface area (Å²) in [5, 5.41) is 14.0. The summed E-state index contributed by atoms with van der Waals surface area (Å²) in [7, 11) is 0. The highest BCUT2D eigenvalue weighted by Gasteiger charge is 2.13. The van der Waals surface area contributed by atoms with Crippen LogP contribution < -0.4 is 5.32 Å². The average molecular weight is 358 g/mol. The van der Waals surface area contributed by atoms with Crippen LogP contribution in [0.3, 0.4) is 0 Å². The predicted octanol–water partition coefficient (Wildman–Crippen LogP) is 4.73. The summed E-state index contributed by atoms with van der Waals surface area (Å²) in [5.74, 6) is -0.716. The summed E-state index contributed by atoms with van der Waals surface area (Å²) in [4.78, 5) is 16.5. The third-order valence-electron chi connectivity index (χ3n) is 3.18. The molecule has 1 aromatic heterocycles. The molecule has 24 heavy (non-hydrogen) atoms. The zero-order valence-electron chi connectivity index (χ0n) is 12.1. The summed E-state index contributed by atoms with van der Waals surface area (Å²) in [6.07, 6.45) is 0. The standard InChI is InChI=1S/C17H9ClFN3OS/c18-14-7-13(6-3-11(14)8-20)21-16(23)15-9-24-17(22-15)10-1-4-12(19)5-2-10/h1-7,9H,(H,21,23). The maximum Gasteiger partial charge on any atom is 0.275 e. The van der Waals surface area contributed by atoms with Gasteiger partial charge in [0.05, 0.1) is 10.6 Å². The SMILES string of the molecule is N#Cc1ccc(NC(=O)c2csc(-c3ccc(F)cc3)n2)cc1Cl. The Balaban J connectivity index is 1.78. The fraction of sp³-hybridized carbons (Fsp3) is 0. The van der Waals surface area contributed by atoms with E-state index in [4.69, 9.17) is 16.9 Å². The number of anilines is 1. The van der Waals surface area contributed by atoms with Crippen molar-refractivity contribution in [3.63, 3.8) is 0 Å². The first-order valence-corrected chi connectivity index (χ1v) is 8.05. The maximum atomic E-state index is 13.0. The molecule has 0 unspecified atom stereocenters. The monoisotopic (exact) mass is 357 g/mol. The largest absolute Gasteiger partial charge is 0.321 e. The molecule has 1 N–H and O–H groups in total. The lowest BCUT2D eigenvalue weighted by molar-refractivity contribution is 0.102. The topological polar surface area (TPSA) is 65.8 Å². The normalized spacial score (nSPS) is 10.2. The van der Waals surface area contributed by atoms with Gasteiger partial charge >= 0.3 is 0 Å². The minimum absolute atomic E-state index is 0.250. The number of benzene rings is 2. The van der Waals surface area contributed by atoms with Crippen molar-refractivity contribution in [3.8, 4) is 16.6 Å². The van der Waals surface area contributed by atoms with Gasteiger partial charge in [-0.15, -0.1) is 11.3 Å². The van der Waals surface area contributed by atoms with Crippen LogP contribution in [-0.4, -0.2) is 10.9 Å². The summed E-state index contributed by atoms with van der Waals surface area (Å²) < 4.78 is 13.0. The summed E-state index contributed by atoms with van der Waals surface area (Å²) >= 11 is 7.23. The van der Waals surface area contributed by atoms with Crippen LogP contribution in [0.15, 0.2) is 47.8 Å². The lowest BCUT2D eigenvalue weighted by Gasteiger charge is -2.04. The number of nitrogens with zero attached hydrogens (tertiary/aromatic N) is 2. The Hall–Kier alpha value is -2.75. The van der Waals surface area contributed by atoms with Crippen molar-refractivity contribution >= 4 is 34.5 Å². The van der Waals surface area contributed by atoms with Gasteiger partial charge < -0.3 is 5.32 Å². The Bertz CT molecular complexity index is 947. The van der Waals surface area contributed by atoms with Gasteiger partial charge in [-0.2, -0.15) is 5.26 Å². The van der Waals surface area contributed by atoms with E-state index < -0.39 is 0 Å². The second-order valence-electron chi connectivity index (χ2n) is 4.81. The van der Waals surface area contributed by atoms with Gasteiger partial charge in [0, 0.05) is 16.6 Å². The minimum Gasteiger partial charge on any atom is -0.321 e. The molecule has 0 aliphatic rings. The second kappa shape index (κ2) is 6.79. The van der Waals surface area contributed by atoms with Crippen molar-refractivity contribution in [1.29, 1.82) is 5.26 Å². The number of hydrogen-bond donors (Lipinski definition) is 1. The van der Waals surface area contributed by atoms with Crippen LogP contribution in [0.25, 0.3) is 10.6 Å². The van der Waals surface area contributed by atoms with Gasteiger partial charge in [0.25, 0.3) is 5.91 Å². The average Bonchev–Trinajstić information content (AvgIpc) is 3.06. The first-order chi connectivity index (χ1) is 11.6. The zero-order valence-corrected chi connectivity index (χ0v) is 13.7. The van der Waals surface area contributed by atoms with E-state index in [0.717, 1.165) is 5.56 Å². The summed E-state index contributed by atoms with van der Waals surface area (Å²) in [5.41, 5.74) is 1.80. The molecular formula is C17H9ClFN3OS. The van der Waals surface area contributed by atoms with Gasteiger partial charge in [-0.3, -0.25) is 4.79 Å². The van der Waals surface area contributed by atoms with Crippen molar-refractivity contribution < 1.29 is 9.18 Å². The maximum absolute atomic E-state index is 13.0. The Labute approximate surface area is 146 Å². The van der Waals surface area contributed by atoms with Crippen LogP contribution in [0.4, 0.5) is 10.1 Å². The van der Waals surface area contributed by atoms with Gasteiger partial charge in [0.15, 0.2) is 0 Å². The van der Waals surface area contributed by atoms with Gasteiger partial charge in [-0.05, 0) is 42.5 Å². The van der Waals surface area contributed by atoms with E-state index in [0.29, 0.717) is 16.3 Å². The second-order valence-corrected chi connectivity index (χ2v) is 6.07. The highest BCUT2D eigenvalue weighted by molar-refractivity contribution is 7.13. The third kappa shape index (κ3) is 3.43. The number of rotatable bonds is 3. The molecule has 0 spiro atoms. The molecule has 7 heteroatoms. The number of thiazole rings is 1. The highest BCUT2D eigenvalue weighted by Crippen LogP contribution is 2.25. The molecule has 0 saturated heterocycles. The van der Waals surface area contributed by atoms with Crippen molar-refractivity contribution in [3.05, 3.63) is 69.9 Å². The molecule has 0 radical (unpaired) electrons. The number of nitriles is 1. The molecule has 3 aromatic rings.